The molecule has 1 fully saturated rings. The monoisotopic (exact) mass is 440 g/mol. The lowest BCUT2D eigenvalue weighted by Crippen LogP contribution is -2.37. The van der Waals surface area contributed by atoms with Gasteiger partial charge in [-0.05, 0) is 53.2 Å². The molecule has 0 radical (unpaired) electrons. The molecular formula is C22H20N2O6S. The second kappa shape index (κ2) is 9.13. The van der Waals surface area contributed by atoms with Crippen molar-refractivity contribution in [2.24, 2.45) is 0 Å². The highest BCUT2D eigenvalue weighted by Gasteiger charge is 2.34. The minimum atomic E-state index is -0.378. The number of hydrogen-bond acceptors (Lipinski definition) is 7. The number of thioether (sulfide) groups is 1. The number of imide groups is 1. The molecule has 0 spiro atoms. The van der Waals surface area contributed by atoms with Gasteiger partial charge in [0.1, 0.15) is 5.75 Å². The molecule has 0 aliphatic carbocycles. The summed E-state index contributed by atoms with van der Waals surface area (Å²) in [5.74, 6) is 1.41. The van der Waals surface area contributed by atoms with Crippen molar-refractivity contribution in [2.45, 2.75) is 6.42 Å². The van der Waals surface area contributed by atoms with Crippen LogP contribution in [0.3, 0.4) is 0 Å². The van der Waals surface area contributed by atoms with Gasteiger partial charge in [0.2, 0.25) is 12.7 Å². The van der Waals surface area contributed by atoms with Crippen LogP contribution in [0.5, 0.6) is 17.2 Å². The van der Waals surface area contributed by atoms with Crippen LogP contribution >= 0.6 is 11.8 Å². The van der Waals surface area contributed by atoms with Crippen LogP contribution in [0, 0.1) is 0 Å². The second-order valence-electron chi connectivity index (χ2n) is 6.82. The van der Waals surface area contributed by atoms with E-state index in [1.807, 2.05) is 12.1 Å². The number of methoxy groups -OCH3 is 1. The average molecular weight is 440 g/mol. The van der Waals surface area contributed by atoms with E-state index in [1.54, 1.807) is 43.5 Å². The Kier molecular flexibility index (Phi) is 6.13. The van der Waals surface area contributed by atoms with Crippen LogP contribution in [0.25, 0.3) is 6.08 Å². The van der Waals surface area contributed by atoms with Crippen LogP contribution < -0.4 is 19.5 Å². The molecule has 0 bridgehead atoms. The van der Waals surface area contributed by atoms with E-state index >= 15 is 0 Å². The van der Waals surface area contributed by atoms with Crippen molar-refractivity contribution < 1.29 is 28.6 Å². The summed E-state index contributed by atoms with van der Waals surface area (Å²) in [6, 6.07) is 12.5. The molecule has 0 aromatic heterocycles. The molecule has 3 amide bonds. The summed E-state index contributed by atoms with van der Waals surface area (Å²) in [5, 5.41) is 2.39. The van der Waals surface area contributed by atoms with E-state index in [9.17, 15) is 14.4 Å². The lowest BCUT2D eigenvalue weighted by molar-refractivity contribution is -0.124. The zero-order valence-electron chi connectivity index (χ0n) is 16.8. The number of amides is 3. The fourth-order valence-electron chi connectivity index (χ4n) is 3.15. The lowest BCUT2D eigenvalue weighted by Gasteiger charge is -2.13. The predicted octanol–water partition coefficient (Wildman–Crippen LogP) is 2.82. The first-order valence-corrected chi connectivity index (χ1v) is 10.4. The number of rotatable bonds is 7. The molecule has 31 heavy (non-hydrogen) atoms. The Hall–Kier alpha value is -3.46. The van der Waals surface area contributed by atoms with E-state index < -0.39 is 0 Å². The van der Waals surface area contributed by atoms with E-state index in [1.165, 1.54) is 0 Å². The highest BCUT2D eigenvalue weighted by Crippen LogP contribution is 2.36. The Morgan fingerprint density at radius 1 is 1.16 bits per heavy atom. The Morgan fingerprint density at radius 3 is 2.71 bits per heavy atom. The minimum absolute atomic E-state index is 0.109. The van der Waals surface area contributed by atoms with Crippen molar-refractivity contribution in [2.75, 3.05) is 27.0 Å². The third kappa shape index (κ3) is 4.83. The predicted molar refractivity (Wildman–Crippen MR) is 115 cm³/mol. The van der Waals surface area contributed by atoms with E-state index in [0.717, 1.165) is 33.5 Å². The van der Waals surface area contributed by atoms with Crippen molar-refractivity contribution >= 4 is 34.9 Å². The topological polar surface area (TPSA) is 94.2 Å². The number of nitrogens with zero attached hydrogens (tertiary/aromatic N) is 1. The summed E-state index contributed by atoms with van der Waals surface area (Å²) < 4.78 is 15.7. The van der Waals surface area contributed by atoms with Crippen LogP contribution in [0.2, 0.25) is 0 Å². The normalized spacial score (nSPS) is 16.2. The molecule has 0 atom stereocenters. The molecule has 0 unspecified atom stereocenters. The Labute approximate surface area is 183 Å². The third-order valence-corrected chi connectivity index (χ3v) is 5.66. The van der Waals surface area contributed by atoms with Crippen LogP contribution in [0.4, 0.5) is 4.79 Å². The first-order chi connectivity index (χ1) is 15.0. The first-order valence-electron chi connectivity index (χ1n) is 9.58. The van der Waals surface area contributed by atoms with Crippen LogP contribution in [-0.4, -0.2) is 48.9 Å². The van der Waals surface area contributed by atoms with Crippen molar-refractivity contribution in [3.05, 3.63) is 58.5 Å². The van der Waals surface area contributed by atoms with E-state index in [-0.39, 0.29) is 43.4 Å². The number of nitrogens with one attached hydrogen (secondary N) is 1. The summed E-state index contributed by atoms with van der Waals surface area (Å²) in [7, 11) is 1.58. The Balaban J connectivity index is 1.30. The maximum atomic E-state index is 12.6. The quantitative estimate of drug-likeness (QED) is 0.662. The van der Waals surface area contributed by atoms with Gasteiger partial charge in [0.05, 0.1) is 18.4 Å². The fraction of sp³-hybridized carbons (Fsp3) is 0.227. The number of hydrogen-bond donors (Lipinski definition) is 1. The number of ether oxygens (including phenoxy) is 3. The largest absolute Gasteiger partial charge is 0.497 e. The number of fused-ring (bicyclic) bond motifs is 1. The third-order valence-electron chi connectivity index (χ3n) is 4.75. The van der Waals surface area contributed by atoms with Gasteiger partial charge in [-0.1, -0.05) is 18.2 Å². The van der Waals surface area contributed by atoms with Crippen molar-refractivity contribution in [1.82, 2.24) is 10.2 Å². The molecule has 4 rings (SSSR count). The first kappa shape index (κ1) is 20.8. The minimum Gasteiger partial charge on any atom is -0.497 e. The molecule has 2 aromatic rings. The smallest absolute Gasteiger partial charge is 0.293 e. The highest BCUT2D eigenvalue weighted by molar-refractivity contribution is 8.18. The lowest BCUT2D eigenvalue weighted by atomic mass is 10.1. The van der Waals surface area contributed by atoms with Gasteiger partial charge >= 0.3 is 0 Å². The number of carbonyl (C=O) groups is 3. The number of benzene rings is 2. The molecule has 2 aliphatic rings. The van der Waals surface area contributed by atoms with E-state index in [4.69, 9.17) is 14.2 Å². The van der Waals surface area contributed by atoms with Crippen LogP contribution in [0.15, 0.2) is 47.4 Å². The van der Waals surface area contributed by atoms with Gasteiger partial charge in [0.25, 0.3) is 11.1 Å². The van der Waals surface area contributed by atoms with Crippen molar-refractivity contribution in [3.8, 4) is 17.2 Å². The molecule has 0 saturated carbocycles. The number of carbonyl (C=O) groups excluding carboxylic acids is 3. The summed E-state index contributed by atoms with van der Waals surface area (Å²) in [6.45, 7) is 0.460. The van der Waals surface area contributed by atoms with Crippen LogP contribution in [0.1, 0.15) is 11.1 Å². The van der Waals surface area contributed by atoms with Gasteiger partial charge in [-0.15, -0.1) is 0 Å². The van der Waals surface area contributed by atoms with Crippen molar-refractivity contribution in [1.29, 1.82) is 0 Å². The molecule has 2 aromatic carbocycles. The standard InChI is InChI=1S/C22H20N2O6S/c1-28-16-5-2-14(3-6-16)12-20(25)23-8-9-24-21(26)19(31-22(24)27)11-15-4-7-17-18(10-15)30-13-29-17/h2-7,10-11H,8-9,12-13H2,1H3,(H,23,25)/b19-11-. The van der Waals surface area contributed by atoms with Gasteiger partial charge < -0.3 is 19.5 Å². The summed E-state index contributed by atoms with van der Waals surface area (Å²) in [6.07, 6.45) is 1.85. The summed E-state index contributed by atoms with van der Waals surface area (Å²) in [4.78, 5) is 38.5. The van der Waals surface area contributed by atoms with Gasteiger partial charge in [-0.25, -0.2) is 0 Å². The SMILES string of the molecule is COc1ccc(CC(=O)NCCN2C(=O)S/C(=C\c3ccc4c(c3)OCO4)C2=O)cc1. The van der Waals surface area contributed by atoms with Gasteiger partial charge in [-0.3, -0.25) is 19.3 Å². The molecule has 9 heteroatoms. The average Bonchev–Trinajstić information content (AvgIpc) is 3.33. The zero-order chi connectivity index (χ0) is 21.8. The zero-order valence-corrected chi connectivity index (χ0v) is 17.6. The molecule has 1 N–H and O–H groups in total. The fourth-order valence-corrected chi connectivity index (χ4v) is 4.01. The maximum absolute atomic E-state index is 12.6. The molecule has 2 heterocycles. The maximum Gasteiger partial charge on any atom is 0.293 e. The second-order valence-corrected chi connectivity index (χ2v) is 7.81. The van der Waals surface area contributed by atoms with Crippen LogP contribution in [-0.2, 0) is 16.0 Å². The molecular weight excluding hydrogens is 420 g/mol. The molecule has 1 saturated heterocycles. The molecule has 2 aliphatic heterocycles. The molecule has 8 nitrogen and oxygen atoms in total. The van der Waals surface area contributed by atoms with Gasteiger partial charge in [0.15, 0.2) is 11.5 Å². The summed E-state index contributed by atoms with van der Waals surface area (Å²) in [5.41, 5.74) is 1.58. The van der Waals surface area contributed by atoms with Gasteiger partial charge in [-0.2, -0.15) is 0 Å². The highest BCUT2D eigenvalue weighted by atomic mass is 32.2. The van der Waals surface area contributed by atoms with E-state index in [2.05, 4.69) is 5.32 Å². The van der Waals surface area contributed by atoms with E-state index in [0.29, 0.717) is 16.4 Å². The van der Waals surface area contributed by atoms with Crippen molar-refractivity contribution in [3.63, 3.8) is 0 Å². The summed E-state index contributed by atoms with van der Waals surface area (Å²) >= 11 is 0.877. The molecule has 160 valence electrons. The Bertz CT molecular complexity index is 1050. The Morgan fingerprint density at radius 2 is 1.94 bits per heavy atom. The van der Waals surface area contributed by atoms with Gasteiger partial charge in [0, 0.05) is 13.1 Å².